The Morgan fingerprint density at radius 3 is 2.58 bits per heavy atom. The molecule has 0 saturated carbocycles. The van der Waals surface area contributed by atoms with Crippen LogP contribution in [-0.2, 0) is 0 Å². The van der Waals surface area contributed by atoms with Crippen molar-refractivity contribution in [3.8, 4) is 11.1 Å². The van der Waals surface area contributed by atoms with Crippen LogP contribution in [0.2, 0.25) is 5.02 Å². The molecule has 0 aliphatic rings. The van der Waals surface area contributed by atoms with Crippen LogP contribution in [0.25, 0.3) is 22.2 Å². The monoisotopic (exact) mass is 274 g/mol. The Hall–Kier alpha value is -2.40. The van der Waals surface area contributed by atoms with E-state index in [0.29, 0.717) is 21.7 Å². The highest BCUT2D eigenvalue weighted by atomic mass is 35.5. The van der Waals surface area contributed by atoms with E-state index in [9.17, 15) is 10.1 Å². The number of nitro groups is 1. The highest BCUT2D eigenvalue weighted by molar-refractivity contribution is 6.34. The predicted octanol–water partition coefficient (Wildman–Crippen LogP) is 4.06. The summed E-state index contributed by atoms with van der Waals surface area (Å²) in [6, 6.07) is 9.61. The third kappa shape index (κ3) is 1.94. The molecule has 0 spiro atoms. The molecule has 19 heavy (non-hydrogen) atoms. The molecule has 0 aliphatic carbocycles. The molecule has 0 bridgehead atoms. The number of nitro benzene ring substituents is 1. The van der Waals surface area contributed by atoms with Gasteiger partial charge in [-0.3, -0.25) is 10.1 Å². The molecular weight excluding hydrogens is 268 g/mol. The predicted molar refractivity (Wildman–Crippen MR) is 71.1 cm³/mol. The van der Waals surface area contributed by atoms with Gasteiger partial charge in [0.25, 0.3) is 5.69 Å². The molecule has 0 unspecified atom stereocenters. The van der Waals surface area contributed by atoms with E-state index in [1.54, 1.807) is 24.3 Å². The zero-order valence-electron chi connectivity index (χ0n) is 9.54. The van der Waals surface area contributed by atoms with Crippen LogP contribution in [0.15, 0.2) is 47.2 Å². The molecule has 0 fully saturated rings. The van der Waals surface area contributed by atoms with Gasteiger partial charge < -0.3 is 4.42 Å². The Balaban J connectivity index is 2.20. The molecule has 0 atom stereocenters. The molecule has 94 valence electrons. The first-order valence-electron chi connectivity index (χ1n) is 5.43. The standard InChI is InChI=1S/C13H7ClN2O3/c14-10-5-6-11-13(15-7-19-11)12(10)8-1-3-9(4-2-8)16(17)18/h1-7H. The Morgan fingerprint density at radius 1 is 1.16 bits per heavy atom. The molecule has 0 amide bonds. The quantitative estimate of drug-likeness (QED) is 0.522. The average Bonchev–Trinajstić information content (AvgIpc) is 2.87. The fourth-order valence-corrected chi connectivity index (χ4v) is 2.19. The van der Waals surface area contributed by atoms with Crippen molar-refractivity contribution in [2.75, 3.05) is 0 Å². The van der Waals surface area contributed by atoms with Gasteiger partial charge in [-0.25, -0.2) is 4.98 Å². The van der Waals surface area contributed by atoms with Crippen molar-refractivity contribution in [2.45, 2.75) is 0 Å². The average molecular weight is 275 g/mol. The fourth-order valence-electron chi connectivity index (χ4n) is 1.93. The van der Waals surface area contributed by atoms with E-state index in [0.717, 1.165) is 5.56 Å². The molecule has 0 radical (unpaired) electrons. The lowest BCUT2D eigenvalue weighted by Gasteiger charge is -2.04. The van der Waals surface area contributed by atoms with Crippen molar-refractivity contribution in [3.63, 3.8) is 0 Å². The number of benzene rings is 2. The third-order valence-corrected chi connectivity index (χ3v) is 3.13. The molecule has 1 heterocycles. The van der Waals surface area contributed by atoms with Crippen molar-refractivity contribution in [1.29, 1.82) is 0 Å². The highest BCUT2D eigenvalue weighted by Crippen LogP contribution is 2.35. The Kier molecular flexibility index (Phi) is 2.68. The second-order valence-corrected chi connectivity index (χ2v) is 4.33. The summed E-state index contributed by atoms with van der Waals surface area (Å²) in [4.78, 5) is 14.3. The number of non-ortho nitro benzene ring substituents is 1. The molecule has 2 aromatic carbocycles. The molecule has 3 aromatic rings. The van der Waals surface area contributed by atoms with E-state index in [2.05, 4.69) is 4.98 Å². The minimum Gasteiger partial charge on any atom is -0.443 e. The first-order valence-corrected chi connectivity index (χ1v) is 5.81. The number of fused-ring (bicyclic) bond motifs is 1. The van der Waals surface area contributed by atoms with Gasteiger partial charge in [-0.15, -0.1) is 0 Å². The van der Waals surface area contributed by atoms with Gasteiger partial charge in [-0.05, 0) is 29.8 Å². The van der Waals surface area contributed by atoms with Gasteiger partial charge in [-0.1, -0.05) is 11.6 Å². The molecule has 1 aromatic heterocycles. The van der Waals surface area contributed by atoms with Crippen LogP contribution in [0.5, 0.6) is 0 Å². The number of rotatable bonds is 2. The zero-order valence-corrected chi connectivity index (χ0v) is 10.3. The maximum Gasteiger partial charge on any atom is 0.269 e. The van der Waals surface area contributed by atoms with Crippen molar-refractivity contribution in [3.05, 3.63) is 57.9 Å². The van der Waals surface area contributed by atoms with Crippen molar-refractivity contribution >= 4 is 28.4 Å². The number of aromatic nitrogens is 1. The van der Waals surface area contributed by atoms with Crippen LogP contribution in [0.1, 0.15) is 0 Å². The highest BCUT2D eigenvalue weighted by Gasteiger charge is 2.13. The first kappa shape index (κ1) is 11.7. The van der Waals surface area contributed by atoms with Gasteiger partial charge in [-0.2, -0.15) is 0 Å². The van der Waals surface area contributed by atoms with E-state index in [1.165, 1.54) is 18.5 Å². The van der Waals surface area contributed by atoms with E-state index in [1.807, 2.05) is 0 Å². The molecule has 5 nitrogen and oxygen atoms in total. The van der Waals surface area contributed by atoms with E-state index in [4.69, 9.17) is 16.0 Å². The summed E-state index contributed by atoms with van der Waals surface area (Å²) >= 11 is 6.18. The first-order chi connectivity index (χ1) is 9.16. The lowest BCUT2D eigenvalue weighted by Crippen LogP contribution is -1.88. The van der Waals surface area contributed by atoms with Crippen LogP contribution >= 0.6 is 11.6 Å². The lowest BCUT2D eigenvalue weighted by molar-refractivity contribution is -0.384. The minimum absolute atomic E-state index is 0.0344. The van der Waals surface area contributed by atoms with Gasteiger partial charge >= 0.3 is 0 Å². The van der Waals surface area contributed by atoms with Crippen LogP contribution in [-0.4, -0.2) is 9.91 Å². The summed E-state index contributed by atoms with van der Waals surface area (Å²) < 4.78 is 5.22. The molecule has 0 saturated heterocycles. The Morgan fingerprint density at radius 2 is 1.89 bits per heavy atom. The summed E-state index contributed by atoms with van der Waals surface area (Å²) in [5, 5.41) is 11.2. The van der Waals surface area contributed by atoms with E-state index in [-0.39, 0.29) is 5.69 Å². The Labute approximate surface area is 112 Å². The summed E-state index contributed by atoms with van der Waals surface area (Å²) in [6.07, 6.45) is 1.34. The summed E-state index contributed by atoms with van der Waals surface area (Å²) in [5.41, 5.74) is 2.77. The molecule has 0 N–H and O–H groups in total. The Bertz CT molecular complexity index is 765. The molecule has 6 heteroatoms. The van der Waals surface area contributed by atoms with Gasteiger partial charge in [0.2, 0.25) is 0 Å². The number of nitrogens with zero attached hydrogens (tertiary/aromatic N) is 2. The second kappa shape index (κ2) is 4.37. The third-order valence-electron chi connectivity index (χ3n) is 2.82. The summed E-state index contributed by atoms with van der Waals surface area (Å²) in [6.45, 7) is 0. The van der Waals surface area contributed by atoms with Crippen LogP contribution < -0.4 is 0 Å². The topological polar surface area (TPSA) is 69.2 Å². The van der Waals surface area contributed by atoms with Gasteiger partial charge in [0.1, 0.15) is 5.52 Å². The number of hydrogen-bond acceptors (Lipinski definition) is 4. The van der Waals surface area contributed by atoms with Crippen molar-refractivity contribution in [2.24, 2.45) is 0 Å². The number of oxazole rings is 1. The molecule has 0 aliphatic heterocycles. The molecular formula is C13H7ClN2O3. The van der Waals surface area contributed by atoms with Crippen LogP contribution in [0, 0.1) is 10.1 Å². The van der Waals surface area contributed by atoms with E-state index >= 15 is 0 Å². The molecule has 3 rings (SSSR count). The second-order valence-electron chi connectivity index (χ2n) is 3.93. The maximum atomic E-state index is 10.6. The zero-order chi connectivity index (χ0) is 13.4. The smallest absolute Gasteiger partial charge is 0.269 e. The largest absolute Gasteiger partial charge is 0.443 e. The van der Waals surface area contributed by atoms with Gasteiger partial charge in [0.15, 0.2) is 12.0 Å². The van der Waals surface area contributed by atoms with Gasteiger partial charge in [0, 0.05) is 17.7 Å². The number of hydrogen-bond donors (Lipinski definition) is 0. The van der Waals surface area contributed by atoms with Crippen LogP contribution in [0.3, 0.4) is 0 Å². The fraction of sp³-hybridized carbons (Fsp3) is 0. The van der Waals surface area contributed by atoms with Gasteiger partial charge in [0.05, 0.1) is 9.95 Å². The van der Waals surface area contributed by atoms with E-state index < -0.39 is 4.92 Å². The van der Waals surface area contributed by atoms with Crippen molar-refractivity contribution < 1.29 is 9.34 Å². The SMILES string of the molecule is O=[N+]([O-])c1ccc(-c2c(Cl)ccc3ocnc23)cc1. The summed E-state index contributed by atoms with van der Waals surface area (Å²) in [5.74, 6) is 0. The normalized spacial score (nSPS) is 10.8. The van der Waals surface area contributed by atoms with Crippen molar-refractivity contribution in [1.82, 2.24) is 4.98 Å². The number of halogens is 1. The summed E-state index contributed by atoms with van der Waals surface area (Å²) in [7, 11) is 0. The minimum atomic E-state index is -0.442. The van der Waals surface area contributed by atoms with Crippen LogP contribution in [0.4, 0.5) is 5.69 Å². The lowest BCUT2D eigenvalue weighted by atomic mass is 10.0. The maximum absolute atomic E-state index is 10.6.